The van der Waals surface area contributed by atoms with Gasteiger partial charge in [0.15, 0.2) is 6.29 Å². The Morgan fingerprint density at radius 3 is 2.11 bits per heavy atom. The van der Waals surface area contributed by atoms with Gasteiger partial charge in [0.05, 0.1) is 24.6 Å². The van der Waals surface area contributed by atoms with Crippen molar-refractivity contribution in [1.82, 2.24) is 0 Å². The topological polar surface area (TPSA) is 244 Å². The Morgan fingerprint density at radius 1 is 0.946 bits per heavy atom. The SMILES string of the molecule is N[C@H]1[C@@H](O[C@H]2[C@H](O)[C@@H](O)[C@H](Oc3ccc(/C=C/C(=O)[O-])cc3)O[C@@H]2C(=O)[O-])O[C@H](CO)[C@@H](O)[C@@H]1O.[Na+].[Na+]. The van der Waals surface area contributed by atoms with Crippen LogP contribution in [0.1, 0.15) is 5.56 Å². The number of carboxylic acid groups (broad SMARTS) is 2. The van der Waals surface area contributed by atoms with Crippen molar-refractivity contribution < 1.29 is 123 Å². The van der Waals surface area contributed by atoms with Gasteiger partial charge in [0.2, 0.25) is 6.29 Å². The predicted octanol–water partition coefficient (Wildman–Crippen LogP) is -11.8. The van der Waals surface area contributed by atoms with Crippen LogP contribution in [0.4, 0.5) is 0 Å². The van der Waals surface area contributed by atoms with Crippen molar-refractivity contribution in [2.24, 2.45) is 5.73 Å². The third kappa shape index (κ3) is 8.41. The van der Waals surface area contributed by atoms with E-state index in [1.165, 1.54) is 30.3 Å². The molecule has 0 bridgehead atoms. The Balaban J connectivity index is 0.00000342. The molecule has 0 unspecified atom stereocenters. The monoisotopic (exact) mass is 545 g/mol. The summed E-state index contributed by atoms with van der Waals surface area (Å²) in [4.78, 5) is 22.2. The van der Waals surface area contributed by atoms with E-state index in [-0.39, 0.29) is 64.9 Å². The number of aliphatic hydroxyl groups excluding tert-OH is 5. The quantitative estimate of drug-likeness (QED) is 0.131. The van der Waals surface area contributed by atoms with Crippen LogP contribution >= 0.6 is 0 Å². The fourth-order valence-electron chi connectivity index (χ4n) is 3.61. The van der Waals surface area contributed by atoms with Gasteiger partial charge < -0.3 is 70.0 Å². The molecule has 2 saturated heterocycles. The van der Waals surface area contributed by atoms with Crippen LogP contribution in [0, 0.1) is 0 Å². The Bertz CT molecular complexity index is 918. The van der Waals surface area contributed by atoms with Crippen LogP contribution in [0.15, 0.2) is 30.3 Å². The molecule has 1 aromatic carbocycles. The van der Waals surface area contributed by atoms with E-state index in [0.717, 1.165) is 6.08 Å². The van der Waals surface area contributed by atoms with Crippen molar-refractivity contribution in [1.29, 1.82) is 0 Å². The number of rotatable bonds is 8. The molecule has 7 N–H and O–H groups in total. The van der Waals surface area contributed by atoms with E-state index in [1.54, 1.807) is 0 Å². The maximum absolute atomic E-state index is 11.7. The first kappa shape index (κ1) is 34.4. The van der Waals surface area contributed by atoms with Crippen molar-refractivity contribution in [3.63, 3.8) is 0 Å². The summed E-state index contributed by atoms with van der Waals surface area (Å²) in [7, 11) is 0. The fourth-order valence-corrected chi connectivity index (χ4v) is 3.61. The van der Waals surface area contributed by atoms with Crippen LogP contribution in [0.2, 0.25) is 0 Å². The molecule has 2 aliphatic rings. The normalized spacial score (nSPS) is 35.7. The van der Waals surface area contributed by atoms with Gasteiger partial charge in [-0.2, -0.15) is 0 Å². The number of benzene rings is 1. The Labute approximate surface area is 255 Å². The maximum atomic E-state index is 11.7. The van der Waals surface area contributed by atoms with E-state index in [0.29, 0.717) is 5.56 Å². The molecule has 3 rings (SSSR count). The van der Waals surface area contributed by atoms with E-state index in [4.69, 9.17) is 24.7 Å². The van der Waals surface area contributed by atoms with Crippen LogP contribution in [-0.2, 0) is 23.8 Å². The van der Waals surface area contributed by atoms with Crippen molar-refractivity contribution in [3.05, 3.63) is 35.9 Å². The molecule has 2 fully saturated rings. The second kappa shape index (κ2) is 15.2. The largest absolute Gasteiger partial charge is 1.00 e. The molecule has 0 spiro atoms. The zero-order valence-corrected chi connectivity index (χ0v) is 24.0. The molecular formula is C21H25NNa2O13. The van der Waals surface area contributed by atoms with Crippen LogP contribution in [0.25, 0.3) is 6.08 Å². The minimum absolute atomic E-state index is 0. The molecule has 0 saturated carbocycles. The molecule has 37 heavy (non-hydrogen) atoms. The van der Waals surface area contributed by atoms with Gasteiger partial charge in [-0.05, 0) is 23.8 Å². The van der Waals surface area contributed by atoms with Crippen LogP contribution in [0.3, 0.4) is 0 Å². The molecule has 0 aromatic heterocycles. The van der Waals surface area contributed by atoms with E-state index >= 15 is 0 Å². The van der Waals surface area contributed by atoms with Crippen molar-refractivity contribution in [3.8, 4) is 5.75 Å². The maximum Gasteiger partial charge on any atom is 1.00 e. The van der Waals surface area contributed by atoms with Crippen molar-refractivity contribution >= 4 is 18.0 Å². The van der Waals surface area contributed by atoms with E-state index < -0.39 is 79.9 Å². The molecular weight excluding hydrogens is 520 g/mol. The third-order valence-corrected chi connectivity index (χ3v) is 5.54. The fraction of sp³-hybridized carbons (Fsp3) is 0.524. The number of carboxylic acids is 2. The Morgan fingerprint density at radius 2 is 1.57 bits per heavy atom. The average molecular weight is 545 g/mol. The molecule has 0 amide bonds. The molecule has 10 atom stereocenters. The summed E-state index contributed by atoms with van der Waals surface area (Å²) in [6.07, 6.45) is -13.2. The number of carbonyl (C=O) groups is 2. The summed E-state index contributed by atoms with van der Waals surface area (Å²) in [6.45, 7) is -0.723. The number of nitrogens with two attached hydrogens (primary N) is 1. The zero-order valence-electron chi connectivity index (χ0n) is 20.0. The van der Waals surface area contributed by atoms with E-state index in [2.05, 4.69) is 0 Å². The number of ether oxygens (including phenoxy) is 4. The van der Waals surface area contributed by atoms with Crippen LogP contribution in [0.5, 0.6) is 5.75 Å². The number of hydrogen-bond acceptors (Lipinski definition) is 14. The van der Waals surface area contributed by atoms with E-state index in [1.807, 2.05) is 0 Å². The number of aliphatic hydroxyl groups is 5. The molecule has 2 heterocycles. The predicted molar refractivity (Wildman–Crippen MR) is 107 cm³/mol. The van der Waals surface area contributed by atoms with Gasteiger partial charge in [0, 0.05) is 0 Å². The summed E-state index contributed by atoms with van der Waals surface area (Å²) < 4.78 is 21.4. The van der Waals surface area contributed by atoms with Gasteiger partial charge in [0.25, 0.3) is 0 Å². The molecule has 0 radical (unpaired) electrons. The van der Waals surface area contributed by atoms with Crippen LogP contribution in [-0.4, -0.2) is 105 Å². The first-order valence-electron chi connectivity index (χ1n) is 10.4. The standard InChI is InChI=1S/C21H27NO13.2Na/c22-12-14(27)13(26)10(7-23)33-20(12)34-17-15(28)16(29)21(35-18(17)19(30)31)32-9-4-1-8(2-5-9)3-6-11(24)25;;/h1-6,10,12-18,20-21,23,26-29H,7,22H2,(H,24,25)(H,30,31);;/q;2*+1/p-2/b6-3+;;/t10-,12-,13-,14-,15-,16-,17+,18+,20-,21-;;/m1../s1. The first-order valence-corrected chi connectivity index (χ1v) is 10.4. The first-order chi connectivity index (χ1) is 16.5. The van der Waals surface area contributed by atoms with Gasteiger partial charge in [-0.25, -0.2) is 0 Å². The average Bonchev–Trinajstić information content (AvgIpc) is 2.83. The molecule has 16 heteroatoms. The van der Waals surface area contributed by atoms with Gasteiger partial charge in [0.1, 0.15) is 48.5 Å². The molecule has 0 aliphatic carbocycles. The minimum atomic E-state index is -1.99. The Hall–Kier alpha value is -0.660. The summed E-state index contributed by atoms with van der Waals surface area (Å²) in [6, 6.07) is 4.27. The molecule has 1 aromatic rings. The summed E-state index contributed by atoms with van der Waals surface area (Å²) in [5, 5.41) is 72.5. The van der Waals surface area contributed by atoms with E-state index in [9.17, 15) is 45.3 Å². The smallest absolute Gasteiger partial charge is 0.547 e. The summed E-state index contributed by atoms with van der Waals surface area (Å²) in [5.74, 6) is -3.13. The number of aliphatic carboxylic acids is 2. The summed E-state index contributed by atoms with van der Waals surface area (Å²) in [5.41, 5.74) is 6.25. The summed E-state index contributed by atoms with van der Waals surface area (Å²) >= 11 is 0. The Kier molecular flexibility index (Phi) is 14.1. The third-order valence-electron chi connectivity index (χ3n) is 5.54. The molecule has 2 aliphatic heterocycles. The molecule has 14 nitrogen and oxygen atoms in total. The minimum Gasteiger partial charge on any atom is -0.547 e. The second-order valence-electron chi connectivity index (χ2n) is 7.95. The molecule has 194 valence electrons. The number of hydrogen-bond donors (Lipinski definition) is 6. The van der Waals surface area contributed by atoms with Crippen LogP contribution < -0.4 is 79.8 Å². The second-order valence-corrected chi connectivity index (χ2v) is 7.95. The zero-order chi connectivity index (χ0) is 25.9. The van der Waals surface area contributed by atoms with Gasteiger partial charge in [-0.3, -0.25) is 0 Å². The van der Waals surface area contributed by atoms with Crippen molar-refractivity contribution in [2.45, 2.75) is 61.3 Å². The van der Waals surface area contributed by atoms with Crippen molar-refractivity contribution in [2.75, 3.05) is 6.61 Å². The van der Waals surface area contributed by atoms with Gasteiger partial charge in [-0.15, -0.1) is 0 Å². The van der Waals surface area contributed by atoms with Gasteiger partial charge >= 0.3 is 59.1 Å². The number of carbonyl (C=O) groups excluding carboxylic acids is 2. The van der Waals surface area contributed by atoms with Gasteiger partial charge in [-0.1, -0.05) is 18.2 Å².